The SMILES string of the molecule is Cc1cccc(OCCCC(=O)N2C3CCNCC2CC3)c1.Cl. The second-order valence-electron chi connectivity index (χ2n) is 6.45. The van der Waals surface area contributed by atoms with Gasteiger partial charge in [-0.15, -0.1) is 12.4 Å². The molecule has 5 heteroatoms. The summed E-state index contributed by atoms with van der Waals surface area (Å²) in [5, 5.41) is 3.44. The number of carbonyl (C=O) groups excluding carboxylic acids is 1. The number of aryl methyl sites for hydroxylation is 1. The third kappa shape index (κ3) is 4.61. The lowest BCUT2D eigenvalue weighted by Gasteiger charge is -2.28. The van der Waals surface area contributed by atoms with Crippen LogP contribution in [0.5, 0.6) is 5.75 Å². The van der Waals surface area contributed by atoms with Crippen LogP contribution in [0.25, 0.3) is 0 Å². The van der Waals surface area contributed by atoms with Crippen LogP contribution in [0.4, 0.5) is 0 Å². The van der Waals surface area contributed by atoms with E-state index < -0.39 is 0 Å². The Bertz CT molecular complexity index is 509. The molecule has 2 fully saturated rings. The maximum Gasteiger partial charge on any atom is 0.223 e. The molecule has 0 spiro atoms. The van der Waals surface area contributed by atoms with Crippen molar-refractivity contribution >= 4 is 18.3 Å². The number of ether oxygens (including phenoxy) is 1. The molecular formula is C18H27ClN2O2. The normalized spacial score (nSPS) is 23.1. The van der Waals surface area contributed by atoms with Gasteiger partial charge < -0.3 is 15.0 Å². The van der Waals surface area contributed by atoms with Crippen molar-refractivity contribution in [2.75, 3.05) is 19.7 Å². The van der Waals surface area contributed by atoms with Gasteiger partial charge in [-0.3, -0.25) is 4.79 Å². The Morgan fingerprint density at radius 1 is 1.30 bits per heavy atom. The van der Waals surface area contributed by atoms with E-state index in [1.165, 1.54) is 12.0 Å². The molecule has 2 bridgehead atoms. The molecule has 0 saturated carbocycles. The summed E-state index contributed by atoms with van der Waals surface area (Å²) < 4.78 is 5.74. The Labute approximate surface area is 145 Å². The van der Waals surface area contributed by atoms with Crippen LogP contribution in [0.1, 0.15) is 37.7 Å². The Hall–Kier alpha value is -1.26. The van der Waals surface area contributed by atoms with E-state index in [0.717, 1.165) is 38.1 Å². The number of hydrogen-bond acceptors (Lipinski definition) is 3. The van der Waals surface area contributed by atoms with E-state index in [9.17, 15) is 4.79 Å². The molecule has 1 amide bonds. The monoisotopic (exact) mass is 338 g/mol. The first-order chi connectivity index (χ1) is 10.7. The summed E-state index contributed by atoms with van der Waals surface area (Å²) in [5.74, 6) is 1.20. The Morgan fingerprint density at radius 3 is 2.96 bits per heavy atom. The van der Waals surface area contributed by atoms with Crippen LogP contribution in [-0.2, 0) is 4.79 Å². The zero-order chi connectivity index (χ0) is 15.4. The second kappa shape index (κ2) is 8.55. The van der Waals surface area contributed by atoms with E-state index in [0.29, 0.717) is 31.0 Å². The Kier molecular flexibility index (Phi) is 6.72. The van der Waals surface area contributed by atoms with Crippen LogP contribution >= 0.6 is 12.4 Å². The molecule has 0 aliphatic carbocycles. The van der Waals surface area contributed by atoms with Crippen molar-refractivity contribution in [2.45, 2.75) is 51.1 Å². The van der Waals surface area contributed by atoms with Crippen molar-refractivity contribution in [1.29, 1.82) is 0 Å². The molecule has 1 N–H and O–H groups in total. The number of benzene rings is 1. The van der Waals surface area contributed by atoms with E-state index in [1.807, 2.05) is 18.2 Å². The molecule has 1 aromatic rings. The van der Waals surface area contributed by atoms with E-state index in [4.69, 9.17) is 4.74 Å². The summed E-state index contributed by atoms with van der Waals surface area (Å²) in [5.41, 5.74) is 1.20. The fourth-order valence-electron chi connectivity index (χ4n) is 3.64. The van der Waals surface area contributed by atoms with Gasteiger partial charge in [0.1, 0.15) is 5.75 Å². The molecule has 1 aromatic carbocycles. The van der Waals surface area contributed by atoms with Crippen molar-refractivity contribution in [1.82, 2.24) is 10.2 Å². The van der Waals surface area contributed by atoms with Gasteiger partial charge in [0.05, 0.1) is 6.61 Å². The molecule has 3 rings (SSSR count). The molecule has 2 heterocycles. The molecule has 2 aliphatic heterocycles. The zero-order valence-electron chi connectivity index (χ0n) is 13.8. The van der Waals surface area contributed by atoms with Crippen LogP contribution in [0.3, 0.4) is 0 Å². The number of carbonyl (C=O) groups is 1. The summed E-state index contributed by atoms with van der Waals surface area (Å²) in [6.45, 7) is 4.67. The molecular weight excluding hydrogens is 312 g/mol. The molecule has 2 atom stereocenters. The van der Waals surface area contributed by atoms with E-state index in [-0.39, 0.29) is 12.4 Å². The highest BCUT2D eigenvalue weighted by molar-refractivity contribution is 5.85. The van der Waals surface area contributed by atoms with Crippen LogP contribution in [0, 0.1) is 6.92 Å². The van der Waals surface area contributed by atoms with Gasteiger partial charge >= 0.3 is 0 Å². The molecule has 23 heavy (non-hydrogen) atoms. The van der Waals surface area contributed by atoms with Crippen molar-refractivity contribution in [3.63, 3.8) is 0 Å². The average molecular weight is 339 g/mol. The van der Waals surface area contributed by atoms with Crippen LogP contribution in [0.2, 0.25) is 0 Å². The van der Waals surface area contributed by atoms with Gasteiger partial charge in [-0.2, -0.15) is 0 Å². The predicted molar refractivity (Wildman–Crippen MR) is 94.3 cm³/mol. The second-order valence-corrected chi connectivity index (χ2v) is 6.45. The molecule has 2 saturated heterocycles. The lowest BCUT2D eigenvalue weighted by molar-refractivity contribution is -0.134. The van der Waals surface area contributed by atoms with Crippen molar-refractivity contribution in [3.8, 4) is 5.75 Å². The minimum Gasteiger partial charge on any atom is -0.494 e. The Morgan fingerprint density at radius 2 is 2.13 bits per heavy atom. The predicted octanol–water partition coefficient (Wildman–Crippen LogP) is 2.93. The highest BCUT2D eigenvalue weighted by Gasteiger charge is 2.37. The molecule has 2 unspecified atom stereocenters. The van der Waals surface area contributed by atoms with Crippen molar-refractivity contribution in [3.05, 3.63) is 29.8 Å². The number of fused-ring (bicyclic) bond motifs is 2. The third-order valence-corrected chi connectivity index (χ3v) is 4.74. The number of rotatable bonds is 5. The number of nitrogens with zero attached hydrogens (tertiary/aromatic N) is 1. The van der Waals surface area contributed by atoms with Gasteiger partial charge in [-0.25, -0.2) is 0 Å². The first-order valence-corrected chi connectivity index (χ1v) is 8.45. The van der Waals surface area contributed by atoms with Gasteiger partial charge in [0.15, 0.2) is 0 Å². The van der Waals surface area contributed by atoms with Gasteiger partial charge in [0.2, 0.25) is 5.91 Å². The maximum atomic E-state index is 12.5. The van der Waals surface area contributed by atoms with E-state index in [1.54, 1.807) is 0 Å². The molecule has 0 radical (unpaired) electrons. The van der Waals surface area contributed by atoms with E-state index >= 15 is 0 Å². The van der Waals surface area contributed by atoms with E-state index in [2.05, 4.69) is 23.2 Å². The van der Waals surface area contributed by atoms with Crippen LogP contribution < -0.4 is 10.1 Å². The van der Waals surface area contributed by atoms with Crippen molar-refractivity contribution < 1.29 is 9.53 Å². The fraction of sp³-hybridized carbons (Fsp3) is 0.611. The largest absolute Gasteiger partial charge is 0.494 e. The summed E-state index contributed by atoms with van der Waals surface area (Å²) >= 11 is 0. The molecule has 2 aliphatic rings. The number of nitrogens with one attached hydrogen (secondary N) is 1. The Balaban J connectivity index is 0.00000192. The number of amides is 1. The van der Waals surface area contributed by atoms with Gasteiger partial charge in [0, 0.05) is 25.0 Å². The smallest absolute Gasteiger partial charge is 0.223 e. The average Bonchev–Trinajstić information content (AvgIpc) is 2.77. The standard InChI is InChI=1S/C18H26N2O2.ClH/c1-14-4-2-5-17(12-14)22-11-3-6-18(21)20-15-7-8-16(20)13-19-10-9-15;/h2,4-5,12,15-16,19H,3,6-11,13H2,1H3;1H. The minimum atomic E-state index is 0. The maximum absolute atomic E-state index is 12.5. The number of hydrogen-bond donors (Lipinski definition) is 1. The van der Waals surface area contributed by atoms with Crippen LogP contribution in [-0.4, -0.2) is 42.6 Å². The topological polar surface area (TPSA) is 41.6 Å². The lowest BCUT2D eigenvalue weighted by Crippen LogP contribution is -2.42. The highest BCUT2D eigenvalue weighted by atomic mass is 35.5. The quantitative estimate of drug-likeness (QED) is 0.839. The lowest BCUT2D eigenvalue weighted by atomic mass is 10.1. The third-order valence-electron chi connectivity index (χ3n) is 4.74. The first-order valence-electron chi connectivity index (χ1n) is 8.45. The summed E-state index contributed by atoms with van der Waals surface area (Å²) in [7, 11) is 0. The molecule has 0 aromatic heterocycles. The van der Waals surface area contributed by atoms with Crippen molar-refractivity contribution in [2.24, 2.45) is 0 Å². The first kappa shape index (κ1) is 18.1. The summed E-state index contributed by atoms with van der Waals surface area (Å²) in [4.78, 5) is 14.7. The minimum absolute atomic E-state index is 0. The van der Waals surface area contributed by atoms with Crippen LogP contribution in [0.15, 0.2) is 24.3 Å². The highest BCUT2D eigenvalue weighted by Crippen LogP contribution is 2.28. The fourth-order valence-corrected chi connectivity index (χ4v) is 3.64. The van der Waals surface area contributed by atoms with Gasteiger partial charge in [-0.1, -0.05) is 12.1 Å². The number of halogens is 1. The molecule has 128 valence electrons. The summed E-state index contributed by atoms with van der Waals surface area (Å²) in [6.07, 6.45) is 4.82. The van der Waals surface area contributed by atoms with Gasteiger partial charge in [-0.05, 0) is 56.8 Å². The zero-order valence-corrected chi connectivity index (χ0v) is 14.6. The summed E-state index contributed by atoms with van der Waals surface area (Å²) in [6, 6.07) is 8.93. The molecule has 4 nitrogen and oxygen atoms in total. The van der Waals surface area contributed by atoms with Gasteiger partial charge in [0.25, 0.3) is 0 Å².